The second-order valence-corrected chi connectivity index (χ2v) is 10.5. The number of hydrogen-bond acceptors (Lipinski definition) is 6. The van der Waals surface area contributed by atoms with Crippen LogP contribution in [0.2, 0.25) is 0 Å². The molecule has 8 heteroatoms. The number of likely N-dealkylation sites (tertiary alicyclic amines) is 2. The van der Waals surface area contributed by atoms with Gasteiger partial charge in [-0.15, -0.1) is 0 Å². The molecule has 33 heavy (non-hydrogen) atoms. The van der Waals surface area contributed by atoms with Crippen LogP contribution in [-0.4, -0.2) is 78.7 Å². The maximum atomic E-state index is 12.8. The lowest BCUT2D eigenvalue weighted by molar-refractivity contribution is -0.145. The number of esters is 1. The number of rotatable bonds is 3. The molecule has 3 atom stereocenters. The summed E-state index contributed by atoms with van der Waals surface area (Å²) < 4.78 is 10.5. The topological polar surface area (TPSA) is 88.2 Å². The van der Waals surface area contributed by atoms with Crippen molar-refractivity contribution >= 4 is 18.0 Å². The van der Waals surface area contributed by atoms with Crippen LogP contribution in [0.4, 0.5) is 4.79 Å². The number of benzene rings is 1. The number of ether oxygens (including phenoxy) is 2. The van der Waals surface area contributed by atoms with Crippen LogP contribution in [0.5, 0.6) is 0 Å². The predicted octanol–water partition coefficient (Wildman–Crippen LogP) is 2.53. The van der Waals surface area contributed by atoms with Crippen LogP contribution in [0.3, 0.4) is 0 Å². The molecule has 0 bridgehead atoms. The molecule has 3 heterocycles. The van der Waals surface area contributed by atoms with Crippen LogP contribution >= 0.6 is 0 Å². The molecule has 3 aliphatic rings. The average Bonchev–Trinajstić information content (AvgIpc) is 3.36. The minimum absolute atomic E-state index is 0.0548. The summed E-state index contributed by atoms with van der Waals surface area (Å²) in [5.41, 5.74) is 0.339. The van der Waals surface area contributed by atoms with Crippen LogP contribution in [0.25, 0.3) is 0 Å². The number of nitrogens with zero attached hydrogens (tertiary/aromatic N) is 2. The molecule has 4 rings (SSSR count). The number of carbonyl (C=O) groups excluding carboxylic acids is 3. The third-order valence-electron chi connectivity index (χ3n) is 7.31. The second-order valence-electron chi connectivity index (χ2n) is 10.5. The van der Waals surface area contributed by atoms with Crippen LogP contribution in [0.1, 0.15) is 51.5 Å². The number of amides is 2. The van der Waals surface area contributed by atoms with Crippen molar-refractivity contribution in [2.45, 2.75) is 63.6 Å². The monoisotopic (exact) mass is 457 g/mol. The molecule has 1 aromatic rings. The molecule has 0 saturated carbocycles. The van der Waals surface area contributed by atoms with E-state index in [-0.39, 0.29) is 23.3 Å². The Hall–Kier alpha value is -2.61. The van der Waals surface area contributed by atoms with Crippen molar-refractivity contribution in [3.8, 4) is 0 Å². The van der Waals surface area contributed by atoms with Crippen LogP contribution < -0.4 is 5.32 Å². The molecule has 180 valence electrons. The number of hydrogen-bond donors (Lipinski definition) is 1. The Morgan fingerprint density at radius 3 is 2.39 bits per heavy atom. The molecular weight excluding hydrogens is 422 g/mol. The first-order valence-corrected chi connectivity index (χ1v) is 11.8. The van der Waals surface area contributed by atoms with Gasteiger partial charge in [0.25, 0.3) is 0 Å². The Labute approximate surface area is 195 Å². The summed E-state index contributed by atoms with van der Waals surface area (Å²) in [4.78, 5) is 41.8. The van der Waals surface area contributed by atoms with Crippen molar-refractivity contribution in [3.05, 3.63) is 35.9 Å². The Kier molecular flexibility index (Phi) is 6.40. The summed E-state index contributed by atoms with van der Waals surface area (Å²) in [6.45, 7) is 8.21. The van der Waals surface area contributed by atoms with E-state index in [1.165, 1.54) is 12.0 Å². The summed E-state index contributed by atoms with van der Waals surface area (Å²) in [5, 5.41) is 3.10. The van der Waals surface area contributed by atoms with Crippen molar-refractivity contribution < 1.29 is 23.9 Å². The Balaban J connectivity index is 1.45. The van der Waals surface area contributed by atoms with Gasteiger partial charge in [-0.05, 0) is 58.7 Å². The summed E-state index contributed by atoms with van der Waals surface area (Å²) in [7, 11) is 1.35. The first kappa shape index (κ1) is 23.5. The van der Waals surface area contributed by atoms with Crippen LogP contribution in [0, 0.1) is 5.41 Å². The number of piperidine rings is 1. The van der Waals surface area contributed by atoms with E-state index in [1.807, 2.05) is 51.1 Å². The van der Waals surface area contributed by atoms with Gasteiger partial charge in [-0.2, -0.15) is 0 Å². The molecule has 3 fully saturated rings. The van der Waals surface area contributed by atoms with Gasteiger partial charge in [-0.25, -0.2) is 9.59 Å². The second kappa shape index (κ2) is 8.97. The maximum absolute atomic E-state index is 12.8. The highest BCUT2D eigenvalue weighted by atomic mass is 16.6. The average molecular weight is 458 g/mol. The van der Waals surface area contributed by atoms with E-state index in [0.717, 1.165) is 31.5 Å². The Morgan fingerprint density at radius 2 is 1.79 bits per heavy atom. The fraction of sp³-hybridized carbons (Fsp3) is 0.640. The third kappa shape index (κ3) is 4.71. The van der Waals surface area contributed by atoms with Gasteiger partial charge in [0.15, 0.2) is 0 Å². The highest BCUT2D eigenvalue weighted by molar-refractivity contribution is 5.87. The van der Waals surface area contributed by atoms with Gasteiger partial charge in [0.1, 0.15) is 11.6 Å². The normalized spacial score (nSPS) is 27.5. The summed E-state index contributed by atoms with van der Waals surface area (Å²) in [6.07, 6.45) is 1.82. The summed E-state index contributed by atoms with van der Waals surface area (Å²) >= 11 is 0. The van der Waals surface area contributed by atoms with Crippen LogP contribution in [0.15, 0.2) is 30.3 Å². The van der Waals surface area contributed by atoms with Gasteiger partial charge in [0.05, 0.1) is 13.0 Å². The minimum atomic E-state index is -0.641. The van der Waals surface area contributed by atoms with Gasteiger partial charge in [-0.3, -0.25) is 14.6 Å². The van der Waals surface area contributed by atoms with Crippen molar-refractivity contribution in [2.24, 2.45) is 5.41 Å². The van der Waals surface area contributed by atoms with Crippen LogP contribution in [-0.2, 0) is 19.1 Å². The third-order valence-corrected chi connectivity index (χ3v) is 7.31. The lowest BCUT2D eigenvalue weighted by Gasteiger charge is -2.43. The van der Waals surface area contributed by atoms with E-state index in [4.69, 9.17) is 9.47 Å². The smallest absolute Gasteiger partial charge is 0.411 e. The Morgan fingerprint density at radius 1 is 1.12 bits per heavy atom. The van der Waals surface area contributed by atoms with Crippen molar-refractivity contribution in [1.29, 1.82) is 0 Å². The van der Waals surface area contributed by atoms with E-state index < -0.39 is 23.7 Å². The fourth-order valence-corrected chi connectivity index (χ4v) is 5.66. The molecule has 8 nitrogen and oxygen atoms in total. The highest BCUT2D eigenvalue weighted by Crippen LogP contribution is 2.48. The number of carbonyl (C=O) groups is 3. The largest absolute Gasteiger partial charge is 0.467 e. The lowest BCUT2D eigenvalue weighted by Crippen LogP contribution is -2.48. The quantitative estimate of drug-likeness (QED) is 0.702. The van der Waals surface area contributed by atoms with Crippen molar-refractivity contribution in [3.63, 3.8) is 0 Å². The number of nitrogens with one attached hydrogen (secondary N) is 1. The molecule has 3 saturated heterocycles. The van der Waals surface area contributed by atoms with Gasteiger partial charge >= 0.3 is 12.1 Å². The molecule has 0 aliphatic carbocycles. The standard InChI is InChI=1S/C25H35N3O5/c1-24(2,3)33-23(31)28-15-18(14-19(28)22(30)32-4)27-12-10-25(11-13-27)16-26-21(29)20(25)17-8-6-5-7-9-17/h5-9,18-20H,10-16H2,1-4H3,(H,26,29)/t18-,19-,20?/m0/s1. The predicted molar refractivity (Wildman–Crippen MR) is 123 cm³/mol. The molecule has 1 unspecified atom stereocenters. The lowest BCUT2D eigenvalue weighted by atomic mass is 9.68. The van der Waals surface area contributed by atoms with Gasteiger partial charge in [0.2, 0.25) is 5.91 Å². The molecule has 1 N–H and O–H groups in total. The maximum Gasteiger partial charge on any atom is 0.411 e. The minimum Gasteiger partial charge on any atom is -0.467 e. The molecular formula is C25H35N3O5. The molecule has 0 radical (unpaired) electrons. The van der Waals surface area contributed by atoms with E-state index in [0.29, 0.717) is 19.5 Å². The van der Waals surface area contributed by atoms with E-state index in [1.54, 1.807) is 0 Å². The van der Waals surface area contributed by atoms with Crippen molar-refractivity contribution in [1.82, 2.24) is 15.1 Å². The summed E-state index contributed by atoms with van der Waals surface area (Å²) in [6, 6.07) is 9.44. The first-order chi connectivity index (χ1) is 15.6. The zero-order chi connectivity index (χ0) is 23.8. The molecule has 3 aliphatic heterocycles. The van der Waals surface area contributed by atoms with Gasteiger partial charge < -0.3 is 14.8 Å². The van der Waals surface area contributed by atoms with E-state index >= 15 is 0 Å². The zero-order valence-electron chi connectivity index (χ0n) is 20.0. The van der Waals surface area contributed by atoms with Crippen molar-refractivity contribution in [2.75, 3.05) is 33.3 Å². The first-order valence-electron chi connectivity index (χ1n) is 11.8. The van der Waals surface area contributed by atoms with E-state index in [2.05, 4.69) is 10.2 Å². The number of methoxy groups -OCH3 is 1. The fourth-order valence-electron chi connectivity index (χ4n) is 5.66. The van der Waals surface area contributed by atoms with Gasteiger partial charge in [0, 0.05) is 24.5 Å². The Bertz CT molecular complexity index is 889. The molecule has 1 aromatic carbocycles. The molecule has 0 aromatic heterocycles. The SMILES string of the molecule is COC(=O)[C@@H]1C[C@H](N2CCC3(CC2)CNC(=O)C3c2ccccc2)CN1C(=O)OC(C)(C)C. The zero-order valence-corrected chi connectivity index (χ0v) is 20.0. The summed E-state index contributed by atoms with van der Waals surface area (Å²) in [5.74, 6) is -0.436. The van der Waals surface area contributed by atoms with E-state index in [9.17, 15) is 14.4 Å². The molecule has 2 amide bonds. The highest BCUT2D eigenvalue weighted by Gasteiger charge is 2.52. The van der Waals surface area contributed by atoms with Gasteiger partial charge in [-0.1, -0.05) is 30.3 Å². The molecule has 1 spiro atoms.